The molecule has 1 aromatic carbocycles. The third-order valence-corrected chi connectivity index (χ3v) is 3.24. The fourth-order valence-corrected chi connectivity index (χ4v) is 2.37. The van der Waals surface area contributed by atoms with Gasteiger partial charge in [0.15, 0.2) is 0 Å². The molecule has 0 atom stereocenters. The van der Waals surface area contributed by atoms with Crippen molar-refractivity contribution in [3.8, 4) is 11.3 Å². The maximum absolute atomic E-state index is 13.0. The fourth-order valence-electron chi connectivity index (χ4n) is 2.37. The highest BCUT2D eigenvalue weighted by Gasteiger charge is 2.33. The highest BCUT2D eigenvalue weighted by molar-refractivity contribution is 5.98. The van der Waals surface area contributed by atoms with Crippen molar-refractivity contribution in [3.63, 3.8) is 0 Å². The number of H-pyrrole nitrogens is 1. The van der Waals surface area contributed by atoms with Crippen LogP contribution < -0.4 is 5.73 Å². The van der Waals surface area contributed by atoms with Crippen molar-refractivity contribution < 1.29 is 13.2 Å². The summed E-state index contributed by atoms with van der Waals surface area (Å²) >= 11 is 0. The van der Waals surface area contributed by atoms with Crippen LogP contribution in [0.2, 0.25) is 0 Å². The second-order valence-electron chi connectivity index (χ2n) is 4.50. The van der Waals surface area contributed by atoms with Crippen LogP contribution in [0.4, 0.5) is 18.9 Å². The molecule has 0 amide bonds. The average molecular weight is 280 g/mol. The Morgan fingerprint density at radius 1 is 1.30 bits per heavy atom. The number of rotatable bonds is 1. The van der Waals surface area contributed by atoms with E-state index in [4.69, 9.17) is 5.73 Å². The molecule has 0 saturated carbocycles. The lowest BCUT2D eigenvalue weighted by molar-refractivity contribution is -0.136. The van der Waals surface area contributed by atoms with Crippen molar-refractivity contribution in [1.82, 2.24) is 14.8 Å². The molecule has 0 radical (unpaired) electrons. The van der Waals surface area contributed by atoms with E-state index in [9.17, 15) is 13.2 Å². The monoisotopic (exact) mass is 280 g/mol. The molecule has 0 saturated heterocycles. The molecule has 3 rings (SSSR count). The number of anilines is 1. The number of aromatic amines is 1. The van der Waals surface area contributed by atoms with Crippen molar-refractivity contribution in [1.29, 1.82) is 0 Å². The van der Waals surface area contributed by atoms with Gasteiger partial charge in [0.05, 0.1) is 28.7 Å². The van der Waals surface area contributed by atoms with Gasteiger partial charge < -0.3 is 10.7 Å². The molecule has 0 bridgehead atoms. The molecule has 3 N–H and O–H groups in total. The number of aromatic nitrogens is 3. The molecule has 4 nitrogen and oxygen atoms in total. The van der Waals surface area contributed by atoms with Gasteiger partial charge in [-0.1, -0.05) is 12.1 Å². The Labute approximate surface area is 112 Å². The number of halogens is 3. The highest BCUT2D eigenvalue weighted by Crippen LogP contribution is 2.38. The molecule has 2 heterocycles. The zero-order chi connectivity index (χ0) is 14.5. The van der Waals surface area contributed by atoms with Crippen LogP contribution in [0.25, 0.3) is 22.2 Å². The van der Waals surface area contributed by atoms with E-state index in [2.05, 4.69) is 10.1 Å². The van der Waals surface area contributed by atoms with Crippen molar-refractivity contribution in [2.45, 2.75) is 6.18 Å². The van der Waals surface area contributed by atoms with Crippen LogP contribution in [0.1, 0.15) is 5.56 Å². The third-order valence-electron chi connectivity index (χ3n) is 3.24. The maximum atomic E-state index is 13.0. The van der Waals surface area contributed by atoms with Gasteiger partial charge in [-0.2, -0.15) is 18.3 Å². The first-order valence-electron chi connectivity index (χ1n) is 5.84. The number of benzene rings is 1. The Balaban J connectivity index is 2.31. The average Bonchev–Trinajstić information content (AvgIpc) is 2.92. The molecule has 0 fully saturated rings. The topological polar surface area (TPSA) is 59.6 Å². The number of fused-ring (bicyclic) bond motifs is 1. The number of nitrogens with zero attached hydrogens (tertiary/aromatic N) is 2. The van der Waals surface area contributed by atoms with Crippen LogP contribution in [0.3, 0.4) is 0 Å². The van der Waals surface area contributed by atoms with Gasteiger partial charge >= 0.3 is 6.18 Å². The van der Waals surface area contributed by atoms with Gasteiger partial charge in [-0.05, 0) is 6.07 Å². The molecule has 0 aliphatic heterocycles. The summed E-state index contributed by atoms with van der Waals surface area (Å²) in [5, 5.41) is 4.47. The number of alkyl halides is 3. The second kappa shape index (κ2) is 4.03. The minimum Gasteiger partial charge on any atom is -0.396 e. The van der Waals surface area contributed by atoms with Crippen LogP contribution in [0, 0.1) is 0 Å². The summed E-state index contributed by atoms with van der Waals surface area (Å²) in [6.07, 6.45) is -1.41. The molecule has 3 aromatic rings. The first-order chi connectivity index (χ1) is 9.39. The lowest BCUT2D eigenvalue weighted by Crippen LogP contribution is -2.05. The number of hydrogen-bond donors (Lipinski definition) is 2. The molecule has 0 aliphatic rings. The SMILES string of the molecule is Cn1ncc(N)c1-c1c[nH]c2c(C(F)(F)F)cccc12. The second-order valence-corrected chi connectivity index (χ2v) is 4.50. The van der Waals surface area contributed by atoms with E-state index in [1.807, 2.05) is 0 Å². The zero-order valence-electron chi connectivity index (χ0n) is 10.5. The Morgan fingerprint density at radius 2 is 2.05 bits per heavy atom. The van der Waals surface area contributed by atoms with Crippen molar-refractivity contribution >= 4 is 16.6 Å². The van der Waals surface area contributed by atoms with Crippen LogP contribution in [0.5, 0.6) is 0 Å². The Morgan fingerprint density at radius 3 is 2.65 bits per heavy atom. The molecule has 20 heavy (non-hydrogen) atoms. The Bertz CT molecular complexity index is 763. The van der Waals surface area contributed by atoms with E-state index < -0.39 is 11.7 Å². The molecule has 0 unspecified atom stereocenters. The van der Waals surface area contributed by atoms with E-state index in [1.165, 1.54) is 23.1 Å². The molecular formula is C13H11F3N4. The van der Waals surface area contributed by atoms with E-state index in [0.29, 0.717) is 22.3 Å². The summed E-state index contributed by atoms with van der Waals surface area (Å²) in [5.74, 6) is 0. The summed E-state index contributed by atoms with van der Waals surface area (Å²) in [7, 11) is 1.69. The van der Waals surface area contributed by atoms with Crippen LogP contribution >= 0.6 is 0 Å². The minimum atomic E-state index is -4.40. The van der Waals surface area contributed by atoms with E-state index >= 15 is 0 Å². The zero-order valence-corrected chi connectivity index (χ0v) is 10.5. The lowest BCUT2D eigenvalue weighted by atomic mass is 10.1. The number of aryl methyl sites for hydroxylation is 1. The van der Waals surface area contributed by atoms with Gasteiger partial charge in [0, 0.05) is 24.2 Å². The predicted molar refractivity (Wildman–Crippen MR) is 69.9 cm³/mol. The highest BCUT2D eigenvalue weighted by atomic mass is 19.4. The Kier molecular flexibility index (Phi) is 2.53. The first-order valence-corrected chi connectivity index (χ1v) is 5.84. The summed E-state index contributed by atoms with van der Waals surface area (Å²) in [6, 6.07) is 4.06. The quantitative estimate of drug-likeness (QED) is 0.719. The van der Waals surface area contributed by atoms with Gasteiger partial charge in [-0.25, -0.2) is 0 Å². The molecule has 104 valence electrons. The van der Waals surface area contributed by atoms with Gasteiger partial charge in [0.25, 0.3) is 0 Å². The van der Waals surface area contributed by atoms with Gasteiger partial charge in [0.2, 0.25) is 0 Å². The maximum Gasteiger partial charge on any atom is 0.418 e. The van der Waals surface area contributed by atoms with Crippen molar-refractivity contribution in [3.05, 3.63) is 36.2 Å². The van der Waals surface area contributed by atoms with E-state index in [1.54, 1.807) is 13.1 Å². The van der Waals surface area contributed by atoms with Crippen LogP contribution in [-0.2, 0) is 13.2 Å². The fraction of sp³-hybridized carbons (Fsp3) is 0.154. The normalized spacial score (nSPS) is 12.2. The lowest BCUT2D eigenvalue weighted by Gasteiger charge is -2.08. The number of nitrogens with two attached hydrogens (primary N) is 1. The number of para-hydroxylation sites is 1. The van der Waals surface area contributed by atoms with Gasteiger partial charge in [0.1, 0.15) is 0 Å². The number of hydrogen-bond acceptors (Lipinski definition) is 2. The molecule has 0 aliphatic carbocycles. The van der Waals surface area contributed by atoms with Crippen molar-refractivity contribution in [2.24, 2.45) is 7.05 Å². The number of nitrogen functional groups attached to an aromatic ring is 1. The summed E-state index contributed by atoms with van der Waals surface area (Å²) in [5.41, 5.74) is 6.80. The van der Waals surface area contributed by atoms with Gasteiger partial charge in [-0.15, -0.1) is 0 Å². The standard InChI is InChI=1S/C13H11F3N4/c1-20-12(10(17)6-19-20)8-5-18-11-7(8)3-2-4-9(11)13(14,15)16/h2-6,18H,17H2,1H3. The van der Waals surface area contributed by atoms with Crippen LogP contribution in [-0.4, -0.2) is 14.8 Å². The molecule has 7 heteroatoms. The number of nitrogens with one attached hydrogen (secondary N) is 1. The van der Waals surface area contributed by atoms with E-state index in [0.717, 1.165) is 6.07 Å². The smallest absolute Gasteiger partial charge is 0.396 e. The Hall–Kier alpha value is -2.44. The summed E-state index contributed by atoms with van der Waals surface area (Å²) in [6.45, 7) is 0. The third kappa shape index (κ3) is 1.74. The van der Waals surface area contributed by atoms with Gasteiger partial charge in [-0.3, -0.25) is 4.68 Å². The summed E-state index contributed by atoms with van der Waals surface area (Å²) < 4.78 is 40.4. The first kappa shape index (κ1) is 12.6. The van der Waals surface area contributed by atoms with E-state index in [-0.39, 0.29) is 5.52 Å². The summed E-state index contributed by atoms with van der Waals surface area (Å²) in [4.78, 5) is 2.69. The predicted octanol–water partition coefficient (Wildman–Crippen LogP) is 3.17. The minimum absolute atomic E-state index is 0.0515. The molecule has 2 aromatic heterocycles. The largest absolute Gasteiger partial charge is 0.418 e. The van der Waals surface area contributed by atoms with Crippen LogP contribution in [0.15, 0.2) is 30.6 Å². The molecular weight excluding hydrogens is 269 g/mol. The van der Waals surface area contributed by atoms with Crippen molar-refractivity contribution in [2.75, 3.05) is 5.73 Å². The molecule has 0 spiro atoms.